The van der Waals surface area contributed by atoms with Crippen molar-refractivity contribution in [3.63, 3.8) is 0 Å². The first kappa shape index (κ1) is 34.4. The molecule has 2 heterocycles. The Hall–Kier alpha value is -3.12. The Morgan fingerprint density at radius 3 is 2.23 bits per heavy atom. The molecule has 0 bridgehead atoms. The molecule has 2 amide bonds. The number of methoxy groups -OCH3 is 1. The van der Waals surface area contributed by atoms with E-state index in [-0.39, 0.29) is 41.8 Å². The molecule has 1 aliphatic carbocycles. The number of benzene rings is 1. The third-order valence-corrected chi connectivity index (χ3v) is 8.43. The van der Waals surface area contributed by atoms with E-state index in [1.54, 1.807) is 45.3 Å². The maximum absolute atomic E-state index is 13.6. The summed E-state index contributed by atoms with van der Waals surface area (Å²) in [4.78, 5) is 55.2. The van der Waals surface area contributed by atoms with Crippen LogP contribution in [0.3, 0.4) is 0 Å². The van der Waals surface area contributed by atoms with Crippen molar-refractivity contribution >= 4 is 23.4 Å². The van der Waals surface area contributed by atoms with Crippen molar-refractivity contribution in [2.24, 2.45) is 12.5 Å². The number of hydrogen-bond acceptors (Lipinski definition) is 7. The Bertz CT molecular complexity index is 1360. The van der Waals surface area contributed by atoms with E-state index < -0.39 is 17.5 Å². The standard InChI is InChI=1S/C31H44N6O5.ClH/c1-19(32-5)29(40)34-28(31(2,3)4)30(41)33-20-12-14-36(15-13-20)18-23-35(6)24-25(37(23)16-17-42-7)27(39)22-11-9-8-10-21(22)26(24)38;/h8-11,19-20,28,32H,12-18H2,1-7H3,(H-,33,34,40,41);1H/t19-,28+;/m0./s1. The summed E-state index contributed by atoms with van der Waals surface area (Å²) < 4.78 is 9.15. The molecule has 43 heavy (non-hydrogen) atoms. The molecule has 3 N–H and O–H groups in total. The number of hydrogen-bond donors (Lipinski definition) is 3. The highest BCUT2D eigenvalue weighted by atomic mass is 35.5. The van der Waals surface area contributed by atoms with Crippen LogP contribution in [0.2, 0.25) is 0 Å². The van der Waals surface area contributed by atoms with E-state index >= 15 is 0 Å². The smallest absolute Gasteiger partial charge is 0.271 e. The highest BCUT2D eigenvalue weighted by Crippen LogP contribution is 2.28. The van der Waals surface area contributed by atoms with Crippen LogP contribution in [0.4, 0.5) is 0 Å². The molecule has 0 radical (unpaired) electrons. The largest absolute Gasteiger partial charge is 1.00 e. The molecule has 0 saturated carbocycles. The van der Waals surface area contributed by atoms with E-state index in [1.165, 1.54) is 0 Å². The molecular formula is C31H45ClN6O5. The van der Waals surface area contributed by atoms with E-state index in [4.69, 9.17) is 4.74 Å². The molecule has 1 fully saturated rings. The number of rotatable bonds is 10. The first-order valence-electron chi connectivity index (χ1n) is 14.7. The van der Waals surface area contributed by atoms with Crippen LogP contribution in [-0.2, 0) is 34.5 Å². The number of imidazole rings is 1. The van der Waals surface area contributed by atoms with Gasteiger partial charge in [-0.05, 0) is 32.2 Å². The molecule has 1 saturated heterocycles. The average molecular weight is 617 g/mol. The Morgan fingerprint density at radius 1 is 1.07 bits per heavy atom. The fourth-order valence-electron chi connectivity index (χ4n) is 5.76. The summed E-state index contributed by atoms with van der Waals surface area (Å²) >= 11 is 0. The van der Waals surface area contributed by atoms with Gasteiger partial charge in [-0.25, -0.2) is 9.13 Å². The zero-order chi connectivity index (χ0) is 30.8. The third-order valence-electron chi connectivity index (χ3n) is 8.43. The molecule has 2 aliphatic rings. The van der Waals surface area contributed by atoms with Crippen molar-refractivity contribution in [3.8, 4) is 0 Å². The highest BCUT2D eigenvalue weighted by Gasteiger charge is 2.43. The van der Waals surface area contributed by atoms with Gasteiger partial charge in [0, 0.05) is 37.4 Å². The molecule has 1 aromatic carbocycles. The fraction of sp³-hybridized carbons (Fsp3) is 0.581. The lowest BCUT2D eigenvalue weighted by molar-refractivity contribution is -0.681. The number of carbonyl (C=O) groups excluding carboxylic acids is 4. The maximum atomic E-state index is 13.6. The van der Waals surface area contributed by atoms with Gasteiger partial charge in [-0.3, -0.25) is 24.1 Å². The lowest BCUT2D eigenvalue weighted by atomic mass is 9.85. The minimum Gasteiger partial charge on any atom is -1.00 e. The molecule has 2 atom stereocenters. The van der Waals surface area contributed by atoms with Crippen molar-refractivity contribution in [1.29, 1.82) is 0 Å². The number of fused-ring (bicyclic) bond motifs is 2. The number of aromatic nitrogens is 2. The number of amides is 2. The zero-order valence-electron chi connectivity index (χ0n) is 26.3. The van der Waals surface area contributed by atoms with Crippen molar-refractivity contribution in [2.45, 2.75) is 71.8 Å². The van der Waals surface area contributed by atoms with Crippen molar-refractivity contribution < 1.29 is 40.9 Å². The predicted octanol–water partition coefficient (Wildman–Crippen LogP) is -2.04. The number of ether oxygens (including phenoxy) is 1. The van der Waals surface area contributed by atoms with Crippen LogP contribution in [0.1, 0.15) is 78.5 Å². The van der Waals surface area contributed by atoms with Gasteiger partial charge in [0.1, 0.15) is 19.1 Å². The molecule has 12 heteroatoms. The number of piperidine rings is 1. The van der Waals surface area contributed by atoms with Gasteiger partial charge < -0.3 is 33.1 Å². The molecule has 236 valence electrons. The Labute approximate surface area is 260 Å². The second kappa shape index (κ2) is 14.1. The second-order valence-electron chi connectivity index (χ2n) is 12.4. The first-order chi connectivity index (χ1) is 19.9. The Kier molecular flexibility index (Phi) is 11.3. The van der Waals surface area contributed by atoms with Crippen LogP contribution in [0.25, 0.3) is 0 Å². The summed E-state index contributed by atoms with van der Waals surface area (Å²) in [5.74, 6) is 0.176. The minimum atomic E-state index is -0.660. The van der Waals surface area contributed by atoms with E-state index in [2.05, 4.69) is 20.9 Å². The van der Waals surface area contributed by atoms with E-state index in [0.717, 1.165) is 31.8 Å². The van der Waals surface area contributed by atoms with E-state index in [9.17, 15) is 19.2 Å². The van der Waals surface area contributed by atoms with Gasteiger partial charge in [-0.1, -0.05) is 45.0 Å². The summed E-state index contributed by atoms with van der Waals surface area (Å²) in [5, 5.41) is 8.99. The SMILES string of the molecule is CN[C@@H](C)C(=O)N[C@H](C(=O)NC1CCN(Cc2n(CCOC)c3c([n+]2C)C(=O)c2ccccc2C3=O)CC1)C(C)(C)C.[Cl-]. The summed E-state index contributed by atoms with van der Waals surface area (Å²) in [6, 6.07) is 5.90. The second-order valence-corrected chi connectivity index (χ2v) is 12.4. The quantitative estimate of drug-likeness (QED) is 0.224. The highest BCUT2D eigenvalue weighted by molar-refractivity contribution is 6.26. The number of nitrogens with one attached hydrogen (secondary N) is 3. The fourth-order valence-corrected chi connectivity index (χ4v) is 5.76. The van der Waals surface area contributed by atoms with E-state index in [0.29, 0.717) is 42.2 Å². The molecule has 0 spiro atoms. The number of likely N-dealkylation sites (tertiary alicyclic amines) is 1. The van der Waals surface area contributed by atoms with Gasteiger partial charge in [-0.2, -0.15) is 0 Å². The Morgan fingerprint density at radius 2 is 1.67 bits per heavy atom. The first-order valence-corrected chi connectivity index (χ1v) is 14.7. The monoisotopic (exact) mass is 616 g/mol. The van der Waals surface area contributed by atoms with E-state index in [1.807, 2.05) is 37.0 Å². The summed E-state index contributed by atoms with van der Waals surface area (Å²) in [6.45, 7) is 10.5. The number of halogens is 1. The minimum absolute atomic E-state index is 0. The molecule has 11 nitrogen and oxygen atoms in total. The molecule has 0 unspecified atom stereocenters. The zero-order valence-corrected chi connectivity index (χ0v) is 27.0. The van der Waals surface area contributed by atoms with Gasteiger partial charge >= 0.3 is 0 Å². The average Bonchev–Trinajstić information content (AvgIpc) is 3.24. The van der Waals surface area contributed by atoms with Crippen LogP contribution >= 0.6 is 0 Å². The lowest BCUT2D eigenvalue weighted by Crippen LogP contribution is -3.00. The molecule has 1 aromatic heterocycles. The van der Waals surface area contributed by atoms with Crippen LogP contribution in [-0.4, -0.2) is 84.8 Å². The van der Waals surface area contributed by atoms with Gasteiger partial charge in [0.25, 0.3) is 5.82 Å². The Balaban J connectivity index is 0.00000506. The number of nitrogens with zero attached hydrogens (tertiary/aromatic N) is 3. The molecular weight excluding hydrogens is 572 g/mol. The van der Waals surface area contributed by atoms with Crippen LogP contribution < -0.4 is 32.9 Å². The van der Waals surface area contributed by atoms with Gasteiger partial charge in [0.15, 0.2) is 0 Å². The van der Waals surface area contributed by atoms with Crippen molar-refractivity contribution in [3.05, 3.63) is 52.6 Å². The predicted molar refractivity (Wildman–Crippen MR) is 157 cm³/mol. The number of carbonyl (C=O) groups is 4. The maximum Gasteiger partial charge on any atom is 0.271 e. The normalized spacial score (nSPS) is 17.0. The summed E-state index contributed by atoms with van der Waals surface area (Å²) in [7, 11) is 5.18. The lowest BCUT2D eigenvalue weighted by Gasteiger charge is -2.35. The topological polar surface area (TPSA) is 126 Å². The van der Waals surface area contributed by atoms with Crippen molar-refractivity contribution in [1.82, 2.24) is 25.4 Å². The van der Waals surface area contributed by atoms with Crippen LogP contribution in [0.5, 0.6) is 0 Å². The van der Waals surface area contributed by atoms with Crippen LogP contribution in [0.15, 0.2) is 24.3 Å². The molecule has 2 aromatic rings. The summed E-state index contributed by atoms with van der Waals surface area (Å²) in [5.41, 5.74) is 1.24. The van der Waals surface area contributed by atoms with Gasteiger partial charge in [0.2, 0.25) is 34.8 Å². The molecule has 4 rings (SSSR count). The number of likely N-dealkylation sites (N-methyl/N-ethyl adjacent to an activating group) is 1. The summed E-state index contributed by atoms with van der Waals surface area (Å²) in [6.07, 6.45) is 1.49. The molecule has 1 aliphatic heterocycles. The van der Waals surface area contributed by atoms with Gasteiger partial charge in [-0.15, -0.1) is 0 Å². The van der Waals surface area contributed by atoms with Crippen molar-refractivity contribution in [2.75, 3.05) is 33.9 Å². The van der Waals surface area contributed by atoms with Gasteiger partial charge in [0.05, 0.1) is 19.7 Å². The van der Waals surface area contributed by atoms with Crippen LogP contribution in [0, 0.1) is 5.41 Å². The third kappa shape index (κ3) is 7.17. The number of ketones is 2.